The molecule has 10 nitrogen and oxygen atoms in total. The number of hydrogen-bond donors (Lipinski definition) is 1. The first kappa shape index (κ1) is 31.2. The van der Waals surface area contributed by atoms with Crippen molar-refractivity contribution in [3.8, 4) is 0 Å². The lowest BCUT2D eigenvalue weighted by atomic mass is 10.0. The summed E-state index contributed by atoms with van der Waals surface area (Å²) in [6.07, 6.45) is 2.50. The van der Waals surface area contributed by atoms with Gasteiger partial charge in [0.05, 0.1) is 16.9 Å². The molecule has 0 aliphatic carbocycles. The van der Waals surface area contributed by atoms with E-state index in [1.54, 1.807) is 30.3 Å². The number of carbonyl (C=O) groups is 2. The molecule has 0 aliphatic rings. The third kappa shape index (κ3) is 8.84. The van der Waals surface area contributed by atoms with Crippen molar-refractivity contribution in [1.82, 2.24) is 10.2 Å². The number of unbranched alkanes of at least 4 members (excludes halogenated alkanes) is 1. The van der Waals surface area contributed by atoms with Crippen molar-refractivity contribution >= 4 is 33.2 Å². The van der Waals surface area contributed by atoms with Crippen LogP contribution in [0.15, 0.2) is 78.9 Å². The summed E-state index contributed by atoms with van der Waals surface area (Å²) < 4.78 is 41.1. The summed E-state index contributed by atoms with van der Waals surface area (Å²) in [6, 6.07) is 18.6. The van der Waals surface area contributed by atoms with E-state index < -0.39 is 45.2 Å². The number of hydrogen-bond acceptors (Lipinski definition) is 6. The summed E-state index contributed by atoms with van der Waals surface area (Å²) in [6.45, 7) is 1.26. The van der Waals surface area contributed by atoms with Crippen molar-refractivity contribution in [3.63, 3.8) is 0 Å². The van der Waals surface area contributed by atoms with Crippen LogP contribution in [0, 0.1) is 15.9 Å². The van der Waals surface area contributed by atoms with E-state index in [2.05, 4.69) is 5.32 Å². The van der Waals surface area contributed by atoms with E-state index in [0.717, 1.165) is 28.6 Å². The van der Waals surface area contributed by atoms with E-state index in [9.17, 15) is 32.5 Å². The Balaban J connectivity index is 2.06. The Morgan fingerprint density at radius 1 is 1.02 bits per heavy atom. The molecule has 0 saturated carbocycles. The number of nitro groups is 1. The smallest absolute Gasteiger partial charge is 0.271 e. The Kier molecular flexibility index (Phi) is 10.9. The molecule has 0 bridgehead atoms. The average Bonchev–Trinajstić information content (AvgIpc) is 2.94. The largest absolute Gasteiger partial charge is 0.354 e. The van der Waals surface area contributed by atoms with Gasteiger partial charge in [0.1, 0.15) is 18.4 Å². The van der Waals surface area contributed by atoms with Gasteiger partial charge in [-0.1, -0.05) is 67.9 Å². The monoisotopic (exact) mass is 584 g/mol. The Hall–Kier alpha value is -4.32. The van der Waals surface area contributed by atoms with Gasteiger partial charge in [-0.3, -0.25) is 24.0 Å². The van der Waals surface area contributed by atoms with Crippen LogP contribution in [-0.2, 0) is 32.6 Å². The van der Waals surface area contributed by atoms with Gasteiger partial charge in [-0.05, 0) is 24.1 Å². The van der Waals surface area contributed by atoms with Crippen LogP contribution >= 0.6 is 0 Å². The van der Waals surface area contributed by atoms with Gasteiger partial charge >= 0.3 is 0 Å². The van der Waals surface area contributed by atoms with Crippen molar-refractivity contribution in [3.05, 3.63) is 106 Å². The second kappa shape index (κ2) is 14.4. The lowest BCUT2D eigenvalue weighted by Gasteiger charge is -2.33. The summed E-state index contributed by atoms with van der Waals surface area (Å²) in [4.78, 5) is 39.3. The van der Waals surface area contributed by atoms with E-state index in [1.807, 2.05) is 13.0 Å². The lowest BCUT2D eigenvalue weighted by molar-refractivity contribution is -0.384. The number of rotatable bonds is 14. The minimum Gasteiger partial charge on any atom is -0.354 e. The SMILES string of the molecule is CCCCNC(=O)C(Cc1ccccc1)N(Cc1ccccc1F)C(=O)CN(c1cccc([N+](=O)[O-])c1)S(C)(=O)=O. The molecule has 1 N–H and O–H groups in total. The Bertz CT molecular complexity index is 1470. The zero-order valence-electron chi connectivity index (χ0n) is 22.9. The van der Waals surface area contributed by atoms with E-state index in [0.29, 0.717) is 13.0 Å². The highest BCUT2D eigenvalue weighted by molar-refractivity contribution is 7.92. The highest BCUT2D eigenvalue weighted by atomic mass is 32.2. The summed E-state index contributed by atoms with van der Waals surface area (Å²) >= 11 is 0. The molecular formula is C29H33FN4O6S. The molecule has 12 heteroatoms. The van der Waals surface area contributed by atoms with Gasteiger partial charge in [0, 0.05) is 37.2 Å². The first-order valence-electron chi connectivity index (χ1n) is 13.1. The first-order valence-corrected chi connectivity index (χ1v) is 14.9. The normalized spacial score (nSPS) is 11.9. The zero-order valence-corrected chi connectivity index (χ0v) is 23.7. The highest BCUT2D eigenvalue weighted by Crippen LogP contribution is 2.24. The van der Waals surface area contributed by atoms with Crippen molar-refractivity contribution in [2.45, 2.75) is 38.8 Å². The van der Waals surface area contributed by atoms with Crippen LogP contribution in [0.3, 0.4) is 0 Å². The number of anilines is 1. The molecule has 218 valence electrons. The summed E-state index contributed by atoms with van der Waals surface area (Å²) in [7, 11) is -4.10. The predicted octanol–water partition coefficient (Wildman–Crippen LogP) is 4.06. The lowest BCUT2D eigenvalue weighted by Crippen LogP contribution is -2.53. The molecule has 0 aromatic heterocycles. The summed E-state index contributed by atoms with van der Waals surface area (Å²) in [5.41, 5.74) is 0.437. The molecule has 3 aromatic carbocycles. The van der Waals surface area contributed by atoms with Gasteiger partial charge < -0.3 is 10.2 Å². The maximum absolute atomic E-state index is 14.8. The topological polar surface area (TPSA) is 130 Å². The predicted molar refractivity (Wildman–Crippen MR) is 154 cm³/mol. The van der Waals surface area contributed by atoms with E-state index >= 15 is 0 Å². The van der Waals surface area contributed by atoms with Gasteiger partial charge in [-0.25, -0.2) is 12.8 Å². The third-order valence-electron chi connectivity index (χ3n) is 6.41. The Morgan fingerprint density at radius 2 is 1.71 bits per heavy atom. The van der Waals surface area contributed by atoms with Crippen molar-refractivity contribution in [2.75, 3.05) is 23.7 Å². The highest BCUT2D eigenvalue weighted by Gasteiger charge is 2.33. The zero-order chi connectivity index (χ0) is 30.0. The van der Waals surface area contributed by atoms with Gasteiger partial charge in [0.25, 0.3) is 5.69 Å². The quantitative estimate of drug-likeness (QED) is 0.173. The van der Waals surface area contributed by atoms with Gasteiger partial charge in [-0.2, -0.15) is 0 Å². The number of halogens is 1. The maximum atomic E-state index is 14.8. The number of sulfonamides is 1. The number of nitro benzene ring substituents is 1. The molecule has 2 amide bonds. The Labute approximate surface area is 239 Å². The minimum absolute atomic E-state index is 0.0899. The average molecular weight is 585 g/mol. The standard InChI is InChI=1S/C29H33FN4O6S/c1-3-4-17-31-29(36)27(18-22-11-6-5-7-12-22)32(20-23-13-8-9-16-26(23)30)28(35)21-33(41(2,39)40)24-14-10-15-25(19-24)34(37)38/h5-16,19,27H,3-4,17-18,20-21H2,1-2H3,(H,31,36). The number of nitrogens with zero attached hydrogens (tertiary/aromatic N) is 3. The number of nitrogens with one attached hydrogen (secondary N) is 1. The van der Waals surface area contributed by atoms with Crippen molar-refractivity contribution < 1.29 is 27.3 Å². The molecule has 0 spiro atoms. The van der Waals surface area contributed by atoms with Gasteiger partial charge in [0.15, 0.2) is 0 Å². The maximum Gasteiger partial charge on any atom is 0.271 e. The fraction of sp³-hybridized carbons (Fsp3) is 0.310. The number of carbonyl (C=O) groups excluding carboxylic acids is 2. The molecule has 3 aromatic rings. The van der Waals surface area contributed by atoms with Crippen LogP contribution < -0.4 is 9.62 Å². The van der Waals surface area contributed by atoms with E-state index in [1.165, 1.54) is 41.3 Å². The summed E-state index contributed by atoms with van der Waals surface area (Å²) in [5, 5.41) is 14.2. The van der Waals surface area contributed by atoms with E-state index in [4.69, 9.17) is 0 Å². The van der Waals surface area contributed by atoms with E-state index in [-0.39, 0.29) is 29.9 Å². The second-order valence-electron chi connectivity index (χ2n) is 9.51. The first-order chi connectivity index (χ1) is 19.5. The van der Waals surface area contributed by atoms with Gasteiger partial charge in [0.2, 0.25) is 21.8 Å². The molecule has 1 atom stereocenters. The molecular weight excluding hydrogens is 551 g/mol. The molecule has 0 radical (unpaired) electrons. The summed E-state index contributed by atoms with van der Waals surface area (Å²) in [5.74, 6) is -1.83. The number of amides is 2. The second-order valence-corrected chi connectivity index (χ2v) is 11.4. The molecule has 1 unspecified atom stereocenters. The van der Waals surface area contributed by atoms with Crippen molar-refractivity contribution in [1.29, 1.82) is 0 Å². The fourth-order valence-electron chi connectivity index (χ4n) is 4.25. The molecule has 0 heterocycles. The molecule has 3 rings (SSSR count). The van der Waals surface area contributed by atoms with Gasteiger partial charge in [-0.15, -0.1) is 0 Å². The molecule has 0 fully saturated rings. The Morgan fingerprint density at radius 3 is 2.34 bits per heavy atom. The van der Waals surface area contributed by atoms with Crippen LogP contribution in [0.4, 0.5) is 15.8 Å². The van der Waals surface area contributed by atoms with Crippen LogP contribution in [0.25, 0.3) is 0 Å². The van der Waals surface area contributed by atoms with Crippen molar-refractivity contribution in [2.24, 2.45) is 0 Å². The van der Waals surface area contributed by atoms with Crippen LogP contribution in [0.2, 0.25) is 0 Å². The third-order valence-corrected chi connectivity index (χ3v) is 7.55. The fourth-order valence-corrected chi connectivity index (χ4v) is 5.09. The molecule has 0 aliphatic heterocycles. The minimum atomic E-state index is -4.10. The number of benzene rings is 3. The van der Waals surface area contributed by atoms with Crippen LogP contribution in [0.1, 0.15) is 30.9 Å². The van der Waals surface area contributed by atoms with Crippen LogP contribution in [0.5, 0.6) is 0 Å². The van der Waals surface area contributed by atoms with Crippen LogP contribution in [-0.4, -0.2) is 55.4 Å². The molecule has 0 saturated heterocycles. The number of non-ortho nitro benzene ring substituents is 1. The molecule has 41 heavy (non-hydrogen) atoms.